The van der Waals surface area contributed by atoms with E-state index in [9.17, 15) is 49.5 Å². The van der Waals surface area contributed by atoms with Crippen LogP contribution in [0.25, 0.3) is 0 Å². The molecule has 7 rings (SSSR count). The molecule has 1 aliphatic heterocycles. The van der Waals surface area contributed by atoms with Crippen LogP contribution >= 0.6 is 15.9 Å². The molecule has 3 aromatic carbocycles. The van der Waals surface area contributed by atoms with E-state index in [0.717, 1.165) is 74.0 Å². The maximum atomic E-state index is 15.5. The van der Waals surface area contributed by atoms with Gasteiger partial charge in [-0.05, 0) is 126 Å². The van der Waals surface area contributed by atoms with Crippen LogP contribution in [0.3, 0.4) is 0 Å². The highest BCUT2D eigenvalue weighted by Crippen LogP contribution is 2.43. The number of carboxylic acid groups (broad SMARTS) is 1. The van der Waals surface area contributed by atoms with Gasteiger partial charge in [0.05, 0.1) is 40.5 Å². The highest BCUT2D eigenvalue weighted by molar-refractivity contribution is 9.10. The number of pyridine rings is 1. The number of aromatic nitrogens is 1. The van der Waals surface area contributed by atoms with Gasteiger partial charge >= 0.3 is 12.1 Å². The Morgan fingerprint density at radius 2 is 1.57 bits per heavy atom. The van der Waals surface area contributed by atoms with Gasteiger partial charge in [-0.15, -0.1) is 0 Å². The van der Waals surface area contributed by atoms with Crippen molar-refractivity contribution in [2.45, 2.75) is 87.5 Å². The van der Waals surface area contributed by atoms with Gasteiger partial charge in [0.15, 0.2) is 23.3 Å². The second-order valence-electron chi connectivity index (χ2n) is 15.1. The zero-order valence-corrected chi connectivity index (χ0v) is 34.2. The molecule has 10 nitrogen and oxygen atoms in total. The number of nitrogens with zero attached hydrogens (tertiary/aromatic N) is 4. The SMILES string of the molecule is O=C(O)c1ccc(N(Cc2cc(C3CC3)cc(N3CCCC3)c2)C(=O)CN(Cc2cnccc2C(F)(F)F)S(=O)(=O)c2c(F)c(F)c(F)c(F)c2Br)c(OC2CCCC2)c1. The standard InChI is InChI=1S/C41H38BrF7N4O6S/c42-34-35(43)36(44)37(45)38(46)39(34)60(57,58)52(21-27-19-50-12-11-30(27)41(47,48)49)22-33(54)53(31-10-9-25(40(55)56)18-32(31)59-29-5-1-2-6-29)20-23-15-26(24-7-8-24)17-28(16-23)51-13-3-4-14-51/h9-12,15-19,24,29H,1-8,13-14,20-22H2,(H,55,56). The lowest BCUT2D eigenvalue weighted by molar-refractivity contribution is -0.138. The van der Waals surface area contributed by atoms with Crippen LogP contribution in [-0.2, 0) is 34.1 Å². The van der Waals surface area contributed by atoms with Crippen molar-refractivity contribution >= 4 is 49.2 Å². The average molecular weight is 928 g/mol. The number of carboxylic acids is 1. The lowest BCUT2D eigenvalue weighted by Crippen LogP contribution is -2.43. The molecular formula is C41H38BrF7N4O6S. The first kappa shape index (κ1) is 43.3. The van der Waals surface area contributed by atoms with Gasteiger partial charge in [-0.1, -0.05) is 6.07 Å². The molecule has 1 amide bonds. The second kappa shape index (κ2) is 17.3. The zero-order valence-electron chi connectivity index (χ0n) is 31.8. The summed E-state index contributed by atoms with van der Waals surface area (Å²) in [6.45, 7) is -1.42. The Morgan fingerprint density at radius 3 is 2.22 bits per heavy atom. The highest BCUT2D eigenvalue weighted by atomic mass is 79.9. The number of amides is 1. The number of carbonyl (C=O) groups excluding carboxylic acids is 1. The second-order valence-corrected chi connectivity index (χ2v) is 17.8. The number of aromatic carboxylic acids is 1. The molecule has 1 N–H and O–H groups in total. The third-order valence-electron chi connectivity index (χ3n) is 10.9. The predicted octanol–water partition coefficient (Wildman–Crippen LogP) is 9.34. The molecular weight excluding hydrogens is 889 g/mol. The van der Waals surface area contributed by atoms with Gasteiger partial charge in [0.2, 0.25) is 15.9 Å². The summed E-state index contributed by atoms with van der Waals surface area (Å²) in [5.41, 5.74) is 0.0403. The van der Waals surface area contributed by atoms with E-state index in [1.165, 1.54) is 18.2 Å². The van der Waals surface area contributed by atoms with Crippen molar-refractivity contribution in [2.75, 3.05) is 29.4 Å². The van der Waals surface area contributed by atoms with Crippen molar-refractivity contribution < 1.29 is 58.6 Å². The fraction of sp³-hybridized carbons (Fsp3) is 0.390. The van der Waals surface area contributed by atoms with Crippen LogP contribution in [0.15, 0.2) is 64.2 Å². The Morgan fingerprint density at radius 1 is 0.883 bits per heavy atom. The molecule has 0 bridgehead atoms. The van der Waals surface area contributed by atoms with Crippen LogP contribution in [0.5, 0.6) is 5.75 Å². The van der Waals surface area contributed by atoms with E-state index in [-0.39, 0.29) is 39.9 Å². The maximum Gasteiger partial charge on any atom is 0.416 e. The van der Waals surface area contributed by atoms with Crippen molar-refractivity contribution in [3.8, 4) is 5.75 Å². The summed E-state index contributed by atoms with van der Waals surface area (Å²) in [6, 6.07) is 10.1. The first-order valence-corrected chi connectivity index (χ1v) is 21.4. The molecule has 320 valence electrons. The summed E-state index contributed by atoms with van der Waals surface area (Å²) in [4.78, 5) is 32.2. The smallest absolute Gasteiger partial charge is 0.416 e. The zero-order chi connectivity index (χ0) is 43.1. The van der Waals surface area contributed by atoms with Gasteiger partial charge < -0.3 is 19.6 Å². The fourth-order valence-corrected chi connectivity index (χ4v) is 10.1. The molecule has 0 unspecified atom stereocenters. The minimum Gasteiger partial charge on any atom is -0.488 e. The first-order valence-electron chi connectivity index (χ1n) is 19.2. The lowest BCUT2D eigenvalue weighted by Gasteiger charge is -2.30. The van der Waals surface area contributed by atoms with Crippen molar-refractivity contribution in [3.63, 3.8) is 0 Å². The fourth-order valence-electron chi connectivity index (χ4n) is 7.66. The summed E-state index contributed by atoms with van der Waals surface area (Å²) in [5, 5.41) is 9.89. The van der Waals surface area contributed by atoms with Crippen molar-refractivity contribution in [3.05, 3.63) is 110 Å². The van der Waals surface area contributed by atoms with E-state index in [2.05, 4.69) is 31.9 Å². The molecule has 3 aliphatic rings. The molecule has 3 fully saturated rings. The number of hydrogen-bond acceptors (Lipinski definition) is 7. The molecule has 1 saturated heterocycles. The van der Waals surface area contributed by atoms with Gasteiger partial charge in [-0.25, -0.2) is 30.8 Å². The number of rotatable bonds is 14. The molecule has 0 atom stereocenters. The number of ether oxygens (including phenoxy) is 1. The molecule has 1 aromatic heterocycles. The number of anilines is 2. The Hall–Kier alpha value is -4.75. The lowest BCUT2D eigenvalue weighted by atomic mass is 10.0. The van der Waals surface area contributed by atoms with E-state index in [4.69, 9.17) is 4.74 Å². The molecule has 0 spiro atoms. The van der Waals surface area contributed by atoms with Gasteiger partial charge in [0.1, 0.15) is 10.6 Å². The third kappa shape index (κ3) is 9.12. The Bertz CT molecular complexity index is 2390. The van der Waals surface area contributed by atoms with Crippen molar-refractivity contribution in [1.29, 1.82) is 0 Å². The molecule has 2 aliphatic carbocycles. The van der Waals surface area contributed by atoms with Crippen LogP contribution < -0.4 is 14.5 Å². The Kier molecular flexibility index (Phi) is 12.5. The van der Waals surface area contributed by atoms with E-state index < -0.39 is 84.9 Å². The van der Waals surface area contributed by atoms with Crippen LogP contribution in [0, 0.1) is 23.3 Å². The number of carbonyl (C=O) groups is 2. The van der Waals surface area contributed by atoms with Gasteiger partial charge in [-0.2, -0.15) is 17.5 Å². The topological polar surface area (TPSA) is 120 Å². The summed E-state index contributed by atoms with van der Waals surface area (Å²) in [7, 11) is -5.74. The van der Waals surface area contributed by atoms with Gasteiger partial charge in [0, 0.05) is 37.7 Å². The van der Waals surface area contributed by atoms with Crippen LogP contribution in [0.2, 0.25) is 0 Å². The van der Waals surface area contributed by atoms with Crippen molar-refractivity contribution in [1.82, 2.24) is 9.29 Å². The highest BCUT2D eigenvalue weighted by Gasteiger charge is 2.40. The van der Waals surface area contributed by atoms with Crippen LogP contribution in [0.1, 0.15) is 89.9 Å². The summed E-state index contributed by atoms with van der Waals surface area (Å²) in [5.74, 6) is -11.7. The van der Waals surface area contributed by atoms with Crippen LogP contribution in [0.4, 0.5) is 42.1 Å². The minimum atomic E-state index is -5.74. The molecule has 0 radical (unpaired) electrons. The number of benzene rings is 3. The summed E-state index contributed by atoms with van der Waals surface area (Å²) >= 11 is 2.47. The quantitative estimate of drug-likeness (QED) is 0.0756. The molecule has 2 saturated carbocycles. The monoisotopic (exact) mass is 926 g/mol. The number of hydrogen-bond donors (Lipinski definition) is 1. The van der Waals surface area contributed by atoms with Gasteiger partial charge in [-0.3, -0.25) is 9.78 Å². The van der Waals surface area contributed by atoms with Crippen LogP contribution in [-0.4, -0.2) is 60.4 Å². The third-order valence-corrected chi connectivity index (χ3v) is 13.7. The number of alkyl halides is 3. The summed E-state index contributed by atoms with van der Waals surface area (Å²) in [6.07, 6.45) is 2.62. The largest absolute Gasteiger partial charge is 0.488 e. The summed E-state index contributed by atoms with van der Waals surface area (Å²) < 4.78 is 136. The number of halogens is 8. The van der Waals surface area contributed by atoms with E-state index >= 15 is 4.39 Å². The average Bonchev–Trinajstić information content (AvgIpc) is 3.65. The van der Waals surface area contributed by atoms with Crippen molar-refractivity contribution in [2.24, 2.45) is 0 Å². The molecule has 4 aromatic rings. The predicted molar refractivity (Wildman–Crippen MR) is 208 cm³/mol. The van der Waals surface area contributed by atoms with E-state index in [1.54, 1.807) is 0 Å². The Balaban J connectivity index is 1.38. The van der Waals surface area contributed by atoms with E-state index in [0.29, 0.717) is 30.7 Å². The van der Waals surface area contributed by atoms with Gasteiger partial charge in [0.25, 0.3) is 0 Å². The normalized spacial score (nSPS) is 16.2. The molecule has 2 heterocycles. The molecule has 60 heavy (non-hydrogen) atoms. The maximum absolute atomic E-state index is 15.5. The first-order chi connectivity index (χ1) is 28.4. The molecule has 19 heteroatoms. The Labute approximate surface area is 349 Å². The number of sulfonamides is 1. The minimum absolute atomic E-state index is 0.0163. The van der Waals surface area contributed by atoms with E-state index in [1.807, 2.05) is 12.1 Å².